The number of nitrogens with one attached hydrogen (secondary N) is 2. The SMILES string of the molecule is O=c1[nH]cccc1-c1cnc2ccc(NCCc3ccc(F)cn3)nn12. The summed E-state index contributed by atoms with van der Waals surface area (Å²) >= 11 is 0. The first-order valence-corrected chi connectivity index (χ1v) is 8.08. The van der Waals surface area contributed by atoms with Crippen molar-refractivity contribution in [3.05, 3.63) is 76.9 Å². The Hall–Kier alpha value is -3.55. The zero-order valence-electron chi connectivity index (χ0n) is 13.7. The quantitative estimate of drug-likeness (QED) is 0.576. The minimum absolute atomic E-state index is 0.197. The van der Waals surface area contributed by atoms with Gasteiger partial charge in [-0.05, 0) is 36.4 Å². The second kappa shape index (κ2) is 6.75. The first kappa shape index (κ1) is 15.9. The van der Waals surface area contributed by atoms with Crippen LogP contribution in [0.1, 0.15) is 5.69 Å². The van der Waals surface area contributed by atoms with Crippen molar-refractivity contribution in [1.82, 2.24) is 24.6 Å². The van der Waals surface area contributed by atoms with Gasteiger partial charge in [-0.1, -0.05) is 0 Å². The number of nitrogens with zero attached hydrogens (tertiary/aromatic N) is 4. The number of imidazole rings is 1. The van der Waals surface area contributed by atoms with Crippen LogP contribution >= 0.6 is 0 Å². The van der Waals surface area contributed by atoms with Crippen molar-refractivity contribution in [2.75, 3.05) is 11.9 Å². The molecule has 4 heterocycles. The zero-order chi connectivity index (χ0) is 17.9. The normalized spacial score (nSPS) is 11.0. The largest absolute Gasteiger partial charge is 0.368 e. The van der Waals surface area contributed by atoms with Gasteiger partial charge in [0, 0.05) is 24.9 Å². The Kier molecular flexibility index (Phi) is 4.14. The second-order valence-electron chi connectivity index (χ2n) is 5.69. The number of aromatic nitrogens is 5. The van der Waals surface area contributed by atoms with Crippen LogP contribution < -0.4 is 10.9 Å². The van der Waals surface area contributed by atoms with Crippen LogP contribution in [0.25, 0.3) is 16.9 Å². The van der Waals surface area contributed by atoms with Crippen LogP contribution in [0.15, 0.2) is 59.8 Å². The fourth-order valence-corrected chi connectivity index (χ4v) is 2.65. The van der Waals surface area contributed by atoms with Crippen molar-refractivity contribution in [2.45, 2.75) is 6.42 Å². The lowest BCUT2D eigenvalue weighted by Gasteiger charge is -2.07. The molecule has 0 fully saturated rings. The van der Waals surface area contributed by atoms with E-state index < -0.39 is 0 Å². The van der Waals surface area contributed by atoms with Gasteiger partial charge in [0.1, 0.15) is 11.6 Å². The van der Waals surface area contributed by atoms with Gasteiger partial charge in [0.2, 0.25) is 0 Å². The Morgan fingerprint density at radius 3 is 2.85 bits per heavy atom. The molecule has 0 saturated carbocycles. The molecule has 0 amide bonds. The Balaban J connectivity index is 1.55. The van der Waals surface area contributed by atoms with E-state index in [1.54, 1.807) is 35.1 Å². The summed E-state index contributed by atoms with van der Waals surface area (Å²) in [5.41, 5.74) is 2.36. The zero-order valence-corrected chi connectivity index (χ0v) is 13.7. The van der Waals surface area contributed by atoms with Gasteiger partial charge in [-0.3, -0.25) is 9.78 Å². The van der Waals surface area contributed by atoms with E-state index in [1.807, 2.05) is 12.1 Å². The monoisotopic (exact) mass is 350 g/mol. The van der Waals surface area contributed by atoms with E-state index in [1.165, 1.54) is 12.3 Å². The summed E-state index contributed by atoms with van der Waals surface area (Å²) in [5.74, 6) is 0.295. The number of hydrogen-bond donors (Lipinski definition) is 2. The van der Waals surface area contributed by atoms with E-state index in [0.717, 1.165) is 5.69 Å². The summed E-state index contributed by atoms with van der Waals surface area (Å²) in [6.45, 7) is 0.590. The highest BCUT2D eigenvalue weighted by Crippen LogP contribution is 2.17. The van der Waals surface area contributed by atoms with Gasteiger partial charge in [-0.15, -0.1) is 5.10 Å². The maximum absolute atomic E-state index is 12.9. The Bertz CT molecular complexity index is 1100. The molecule has 2 N–H and O–H groups in total. The number of hydrogen-bond acceptors (Lipinski definition) is 5. The highest BCUT2D eigenvalue weighted by Gasteiger charge is 2.10. The van der Waals surface area contributed by atoms with E-state index in [0.29, 0.717) is 35.7 Å². The molecule has 8 heteroatoms. The van der Waals surface area contributed by atoms with Crippen LogP contribution in [0.2, 0.25) is 0 Å². The van der Waals surface area contributed by atoms with Crippen molar-refractivity contribution in [3.63, 3.8) is 0 Å². The smallest absolute Gasteiger partial charge is 0.257 e. The van der Waals surface area contributed by atoms with Gasteiger partial charge in [0.15, 0.2) is 5.65 Å². The number of anilines is 1. The summed E-state index contributed by atoms with van der Waals surface area (Å²) < 4.78 is 14.5. The lowest BCUT2D eigenvalue weighted by atomic mass is 10.2. The minimum Gasteiger partial charge on any atom is -0.368 e. The van der Waals surface area contributed by atoms with E-state index in [-0.39, 0.29) is 11.4 Å². The fraction of sp³-hybridized carbons (Fsp3) is 0.111. The molecule has 4 aromatic heterocycles. The molecule has 26 heavy (non-hydrogen) atoms. The van der Waals surface area contributed by atoms with Crippen LogP contribution in [0.3, 0.4) is 0 Å². The Morgan fingerprint density at radius 2 is 2.04 bits per heavy atom. The predicted molar refractivity (Wildman–Crippen MR) is 95.4 cm³/mol. The van der Waals surface area contributed by atoms with E-state index in [9.17, 15) is 9.18 Å². The summed E-state index contributed by atoms with van der Waals surface area (Å²) in [6, 6.07) is 10.2. The topological polar surface area (TPSA) is 88.0 Å². The van der Waals surface area contributed by atoms with Gasteiger partial charge in [-0.2, -0.15) is 0 Å². The van der Waals surface area contributed by atoms with Crippen molar-refractivity contribution in [1.29, 1.82) is 0 Å². The maximum atomic E-state index is 12.9. The van der Waals surface area contributed by atoms with E-state index in [2.05, 4.69) is 25.4 Å². The number of H-pyrrole nitrogens is 1. The molecule has 0 saturated heterocycles. The lowest BCUT2D eigenvalue weighted by molar-refractivity contribution is 0.619. The average molecular weight is 350 g/mol. The van der Waals surface area contributed by atoms with Gasteiger partial charge >= 0.3 is 0 Å². The van der Waals surface area contributed by atoms with Crippen molar-refractivity contribution in [2.24, 2.45) is 0 Å². The molecule has 7 nitrogen and oxygen atoms in total. The maximum Gasteiger partial charge on any atom is 0.257 e. The molecular formula is C18H15FN6O. The summed E-state index contributed by atoms with van der Waals surface area (Å²) in [7, 11) is 0. The number of rotatable bonds is 5. The third kappa shape index (κ3) is 3.16. The van der Waals surface area contributed by atoms with E-state index >= 15 is 0 Å². The number of pyridine rings is 2. The standard InChI is InChI=1S/C18H15FN6O/c19-12-3-4-13(22-10-12)7-9-20-16-5-6-17-23-11-15(25(17)24-16)14-2-1-8-21-18(14)26/h1-6,8,10-11H,7,9H2,(H,20,24)(H,21,26). The Labute approximate surface area is 147 Å². The van der Waals surface area contributed by atoms with Crippen LogP contribution in [-0.2, 0) is 6.42 Å². The second-order valence-corrected chi connectivity index (χ2v) is 5.69. The summed E-state index contributed by atoms with van der Waals surface area (Å²) in [6.07, 6.45) is 5.04. The molecule has 0 spiro atoms. The summed E-state index contributed by atoms with van der Waals surface area (Å²) in [5, 5.41) is 7.71. The molecule has 0 aromatic carbocycles. The molecule has 130 valence electrons. The molecule has 0 atom stereocenters. The Morgan fingerprint density at radius 1 is 1.12 bits per heavy atom. The molecule has 0 unspecified atom stereocenters. The number of aromatic amines is 1. The van der Waals surface area contributed by atoms with Crippen molar-refractivity contribution in [3.8, 4) is 11.3 Å². The third-order valence-electron chi connectivity index (χ3n) is 3.93. The molecule has 4 rings (SSSR count). The van der Waals surface area contributed by atoms with Crippen LogP contribution in [0, 0.1) is 5.82 Å². The predicted octanol–water partition coefficient (Wildman–Crippen LogP) is 2.27. The number of halogens is 1. The molecule has 0 aliphatic carbocycles. The van der Waals surface area contributed by atoms with Gasteiger partial charge in [0.05, 0.1) is 23.7 Å². The van der Waals surface area contributed by atoms with Crippen LogP contribution in [-0.4, -0.2) is 31.1 Å². The lowest BCUT2D eigenvalue weighted by Crippen LogP contribution is -2.11. The van der Waals surface area contributed by atoms with Crippen molar-refractivity contribution >= 4 is 11.5 Å². The molecular weight excluding hydrogens is 335 g/mol. The van der Waals surface area contributed by atoms with Crippen LogP contribution in [0.5, 0.6) is 0 Å². The summed E-state index contributed by atoms with van der Waals surface area (Å²) in [4.78, 5) is 23.0. The molecule has 0 radical (unpaired) electrons. The molecule has 0 bridgehead atoms. The first-order valence-electron chi connectivity index (χ1n) is 8.08. The third-order valence-corrected chi connectivity index (χ3v) is 3.93. The molecule has 0 aliphatic rings. The van der Waals surface area contributed by atoms with Gasteiger partial charge < -0.3 is 10.3 Å². The van der Waals surface area contributed by atoms with Gasteiger partial charge in [0.25, 0.3) is 5.56 Å². The van der Waals surface area contributed by atoms with E-state index in [4.69, 9.17) is 0 Å². The highest BCUT2D eigenvalue weighted by atomic mass is 19.1. The molecule has 4 aromatic rings. The van der Waals surface area contributed by atoms with Crippen LogP contribution in [0.4, 0.5) is 10.2 Å². The molecule has 0 aliphatic heterocycles. The minimum atomic E-state index is -0.350. The fourth-order valence-electron chi connectivity index (χ4n) is 2.65. The first-order chi connectivity index (χ1) is 12.7. The number of fused-ring (bicyclic) bond motifs is 1. The van der Waals surface area contributed by atoms with Gasteiger partial charge in [-0.25, -0.2) is 13.9 Å². The highest BCUT2D eigenvalue weighted by molar-refractivity contribution is 5.62. The average Bonchev–Trinajstić information content (AvgIpc) is 3.07. The van der Waals surface area contributed by atoms with Crippen molar-refractivity contribution < 1.29 is 4.39 Å².